The first-order valence-electron chi connectivity index (χ1n) is 7.11. The molecule has 2 atom stereocenters. The van der Waals surface area contributed by atoms with E-state index in [9.17, 15) is 9.90 Å². The molecule has 0 radical (unpaired) electrons. The number of hydrogen-bond acceptors (Lipinski definition) is 3. The van der Waals surface area contributed by atoms with Crippen LogP contribution in [-0.4, -0.2) is 29.4 Å². The lowest BCUT2D eigenvalue weighted by molar-refractivity contribution is -0.141. The van der Waals surface area contributed by atoms with E-state index in [1.807, 2.05) is 46.8 Å². The molecule has 0 aromatic heterocycles. The standard InChI is InChI=1S/C15H23BO4/c1-6-15(10-8-7-9-11(15)12(17)18)16-19-13(2,3)14(4,5)20-16/h7-11H,6H2,1-5H3,(H,17,18). The zero-order chi connectivity index (χ0) is 15.2. The Morgan fingerprint density at radius 1 is 1.20 bits per heavy atom. The number of allylic oxidation sites excluding steroid dienone is 3. The Balaban J connectivity index is 2.40. The molecule has 110 valence electrons. The van der Waals surface area contributed by atoms with Crippen LogP contribution in [0.15, 0.2) is 24.3 Å². The molecule has 0 spiro atoms. The highest BCUT2D eigenvalue weighted by atomic mass is 16.7. The Kier molecular flexibility index (Phi) is 3.63. The zero-order valence-electron chi connectivity index (χ0n) is 12.8. The van der Waals surface area contributed by atoms with Crippen molar-refractivity contribution in [1.82, 2.24) is 0 Å². The van der Waals surface area contributed by atoms with Crippen LogP contribution in [0.4, 0.5) is 0 Å². The predicted octanol–water partition coefficient (Wildman–Crippen LogP) is 3.06. The molecule has 0 aromatic carbocycles. The maximum atomic E-state index is 11.6. The third-order valence-electron chi connectivity index (χ3n) is 4.97. The largest absolute Gasteiger partial charge is 0.481 e. The van der Waals surface area contributed by atoms with Gasteiger partial charge in [-0.1, -0.05) is 31.2 Å². The van der Waals surface area contributed by atoms with Gasteiger partial charge in [-0.2, -0.15) is 0 Å². The highest BCUT2D eigenvalue weighted by Gasteiger charge is 2.61. The van der Waals surface area contributed by atoms with E-state index >= 15 is 0 Å². The van der Waals surface area contributed by atoms with Crippen LogP contribution in [0.2, 0.25) is 5.31 Å². The minimum Gasteiger partial charge on any atom is -0.481 e. The van der Waals surface area contributed by atoms with Crippen LogP contribution in [0.25, 0.3) is 0 Å². The van der Waals surface area contributed by atoms with Crippen LogP contribution < -0.4 is 0 Å². The molecule has 2 aliphatic rings. The van der Waals surface area contributed by atoms with Crippen molar-refractivity contribution < 1.29 is 19.2 Å². The van der Waals surface area contributed by atoms with Crippen molar-refractivity contribution in [3.05, 3.63) is 24.3 Å². The quantitative estimate of drug-likeness (QED) is 0.806. The van der Waals surface area contributed by atoms with Crippen molar-refractivity contribution in [1.29, 1.82) is 0 Å². The highest BCUT2D eigenvalue weighted by molar-refractivity contribution is 6.51. The summed E-state index contributed by atoms with van der Waals surface area (Å²) in [5, 5.41) is 8.87. The number of rotatable bonds is 3. The first-order valence-corrected chi connectivity index (χ1v) is 7.11. The van der Waals surface area contributed by atoms with Gasteiger partial charge >= 0.3 is 13.1 Å². The smallest absolute Gasteiger partial charge is 0.469 e. The number of hydrogen-bond donors (Lipinski definition) is 1. The lowest BCUT2D eigenvalue weighted by atomic mass is 9.48. The van der Waals surface area contributed by atoms with Gasteiger partial charge in [0.05, 0.1) is 17.1 Å². The SMILES string of the molecule is CCC1(B2OC(C)(C)C(C)(C)O2)C=CC=CC1C(=O)O. The van der Waals surface area contributed by atoms with Crippen LogP contribution in [0.3, 0.4) is 0 Å². The molecule has 20 heavy (non-hydrogen) atoms. The first-order chi connectivity index (χ1) is 9.16. The monoisotopic (exact) mass is 278 g/mol. The molecule has 1 heterocycles. The van der Waals surface area contributed by atoms with E-state index in [1.165, 1.54) is 0 Å². The van der Waals surface area contributed by atoms with Crippen LogP contribution in [0.5, 0.6) is 0 Å². The Labute approximate surface area is 121 Å². The second-order valence-corrected chi connectivity index (χ2v) is 6.61. The second kappa shape index (κ2) is 4.74. The summed E-state index contributed by atoms with van der Waals surface area (Å²) in [7, 11) is -0.556. The van der Waals surface area contributed by atoms with E-state index in [4.69, 9.17) is 9.31 Å². The molecule has 1 aliphatic heterocycles. The van der Waals surface area contributed by atoms with Crippen molar-refractivity contribution in [2.24, 2.45) is 5.92 Å². The summed E-state index contributed by atoms with van der Waals surface area (Å²) in [5.74, 6) is -1.48. The average Bonchev–Trinajstić information content (AvgIpc) is 2.58. The van der Waals surface area contributed by atoms with E-state index in [0.29, 0.717) is 6.42 Å². The van der Waals surface area contributed by atoms with Gasteiger partial charge in [0, 0.05) is 5.31 Å². The molecule has 5 heteroatoms. The van der Waals surface area contributed by atoms with Crippen molar-refractivity contribution in [3.63, 3.8) is 0 Å². The Hall–Kier alpha value is -1.07. The fraction of sp³-hybridized carbons (Fsp3) is 0.667. The van der Waals surface area contributed by atoms with Gasteiger partial charge < -0.3 is 14.4 Å². The molecule has 1 N–H and O–H groups in total. The van der Waals surface area contributed by atoms with Gasteiger partial charge in [-0.3, -0.25) is 4.79 Å². The Morgan fingerprint density at radius 2 is 1.75 bits per heavy atom. The maximum absolute atomic E-state index is 11.6. The molecule has 1 saturated heterocycles. The van der Waals surface area contributed by atoms with Crippen molar-refractivity contribution in [3.8, 4) is 0 Å². The molecule has 0 amide bonds. The molecule has 4 nitrogen and oxygen atoms in total. The number of carboxylic acid groups (broad SMARTS) is 1. The summed E-state index contributed by atoms with van der Waals surface area (Å²) in [6.07, 6.45) is 7.94. The van der Waals surface area contributed by atoms with E-state index in [0.717, 1.165) is 0 Å². The van der Waals surface area contributed by atoms with Gasteiger partial charge in [0.2, 0.25) is 0 Å². The van der Waals surface area contributed by atoms with E-state index in [-0.39, 0.29) is 0 Å². The summed E-state index contributed by atoms with van der Waals surface area (Å²) in [6.45, 7) is 9.90. The average molecular weight is 278 g/mol. The summed E-state index contributed by atoms with van der Waals surface area (Å²) >= 11 is 0. The van der Waals surface area contributed by atoms with Gasteiger partial charge in [0.25, 0.3) is 0 Å². The third-order valence-corrected chi connectivity index (χ3v) is 4.97. The lowest BCUT2D eigenvalue weighted by Gasteiger charge is -2.36. The highest BCUT2D eigenvalue weighted by Crippen LogP contribution is 2.53. The van der Waals surface area contributed by atoms with Gasteiger partial charge in [-0.15, -0.1) is 0 Å². The van der Waals surface area contributed by atoms with E-state index in [1.54, 1.807) is 12.2 Å². The molecule has 0 saturated carbocycles. The topological polar surface area (TPSA) is 55.8 Å². The fourth-order valence-corrected chi connectivity index (χ4v) is 2.80. The normalized spacial score (nSPS) is 34.5. The zero-order valence-corrected chi connectivity index (χ0v) is 12.8. The van der Waals surface area contributed by atoms with Crippen LogP contribution in [0.1, 0.15) is 41.0 Å². The molecule has 0 bridgehead atoms. The van der Waals surface area contributed by atoms with Crippen molar-refractivity contribution >= 4 is 13.1 Å². The molecular formula is C15H23BO4. The van der Waals surface area contributed by atoms with Crippen molar-refractivity contribution in [2.45, 2.75) is 57.6 Å². The molecule has 2 rings (SSSR count). The predicted molar refractivity (Wildman–Crippen MR) is 78.5 cm³/mol. The van der Waals surface area contributed by atoms with Crippen LogP contribution in [-0.2, 0) is 14.1 Å². The van der Waals surface area contributed by atoms with Crippen molar-refractivity contribution in [2.75, 3.05) is 0 Å². The van der Waals surface area contributed by atoms with E-state index < -0.39 is 35.5 Å². The van der Waals surface area contributed by atoms with Crippen LogP contribution >= 0.6 is 0 Å². The van der Waals surface area contributed by atoms with E-state index in [2.05, 4.69) is 0 Å². The maximum Gasteiger partial charge on any atom is 0.469 e. The van der Waals surface area contributed by atoms with Gasteiger partial charge in [-0.25, -0.2) is 0 Å². The van der Waals surface area contributed by atoms with Gasteiger partial charge in [0.15, 0.2) is 0 Å². The summed E-state index contributed by atoms with van der Waals surface area (Å²) in [4.78, 5) is 11.6. The number of aliphatic carboxylic acids is 1. The second-order valence-electron chi connectivity index (χ2n) is 6.61. The molecule has 0 aromatic rings. The Bertz CT molecular complexity index is 450. The molecule has 1 aliphatic carbocycles. The van der Waals surface area contributed by atoms with Crippen LogP contribution in [0, 0.1) is 5.92 Å². The fourth-order valence-electron chi connectivity index (χ4n) is 2.80. The summed E-state index contributed by atoms with van der Waals surface area (Å²) < 4.78 is 12.2. The number of carboxylic acids is 1. The van der Waals surface area contributed by atoms with Gasteiger partial charge in [0.1, 0.15) is 0 Å². The summed E-state index contributed by atoms with van der Waals surface area (Å²) in [6, 6.07) is 0. The van der Waals surface area contributed by atoms with Gasteiger partial charge in [-0.05, 0) is 34.1 Å². The number of carbonyl (C=O) groups is 1. The minimum atomic E-state index is -0.845. The summed E-state index contributed by atoms with van der Waals surface area (Å²) in [5.41, 5.74) is -0.921. The molecule has 1 fully saturated rings. The lowest BCUT2D eigenvalue weighted by Crippen LogP contribution is -2.43. The molecular weight excluding hydrogens is 255 g/mol. The Morgan fingerprint density at radius 3 is 2.20 bits per heavy atom. The third kappa shape index (κ3) is 2.13. The first kappa shape index (κ1) is 15.3. The molecule has 2 unspecified atom stereocenters. The minimum absolute atomic E-state index is 0.460.